The number of ether oxygens (including phenoxy) is 1. The molecule has 2 N–H and O–H groups in total. The van der Waals surface area contributed by atoms with E-state index in [1.807, 2.05) is 47.0 Å². The number of pyridine rings is 2. The summed E-state index contributed by atoms with van der Waals surface area (Å²) in [7, 11) is 1.61. The van der Waals surface area contributed by atoms with Crippen LogP contribution in [0.5, 0.6) is 11.6 Å². The van der Waals surface area contributed by atoms with Crippen LogP contribution in [0.3, 0.4) is 0 Å². The number of nitrogens with one attached hydrogen (secondary N) is 1. The zero-order valence-corrected chi connectivity index (χ0v) is 16.5. The Labute approximate surface area is 163 Å². The molecule has 28 heavy (non-hydrogen) atoms. The second-order valence-corrected chi connectivity index (χ2v) is 8.07. The Morgan fingerprint density at radius 3 is 2.68 bits per heavy atom. The summed E-state index contributed by atoms with van der Waals surface area (Å²) in [5.74, 6) is 1.49. The van der Waals surface area contributed by atoms with Crippen LogP contribution in [0.2, 0.25) is 0 Å². The van der Waals surface area contributed by atoms with Crippen molar-refractivity contribution >= 4 is 22.4 Å². The number of aromatic hydroxyl groups is 1. The summed E-state index contributed by atoms with van der Waals surface area (Å²) in [5, 5.41) is 15.1. The van der Waals surface area contributed by atoms with Gasteiger partial charge in [0.1, 0.15) is 22.9 Å². The van der Waals surface area contributed by atoms with Crippen molar-refractivity contribution in [3.63, 3.8) is 0 Å². The molecule has 0 aliphatic heterocycles. The molecule has 1 aromatic carbocycles. The third-order valence-electron chi connectivity index (χ3n) is 4.58. The second kappa shape index (κ2) is 6.71. The summed E-state index contributed by atoms with van der Waals surface area (Å²) in [5.41, 5.74) is 2.85. The zero-order valence-electron chi connectivity index (χ0n) is 16.5. The first kappa shape index (κ1) is 18.1. The maximum absolute atomic E-state index is 10.7. The van der Waals surface area contributed by atoms with Gasteiger partial charge in [-0.2, -0.15) is 0 Å². The molecule has 0 radical (unpaired) electrons. The Balaban J connectivity index is 1.89. The van der Waals surface area contributed by atoms with Crippen molar-refractivity contribution in [3.05, 3.63) is 48.7 Å². The van der Waals surface area contributed by atoms with E-state index in [2.05, 4.69) is 31.1 Å². The fraction of sp³-hybridized carbons (Fsp3) is 0.273. The van der Waals surface area contributed by atoms with Gasteiger partial charge in [0, 0.05) is 24.2 Å². The lowest BCUT2D eigenvalue weighted by atomic mass is 9.97. The first-order valence-corrected chi connectivity index (χ1v) is 9.25. The van der Waals surface area contributed by atoms with Gasteiger partial charge in [0.05, 0.1) is 18.2 Å². The third-order valence-corrected chi connectivity index (χ3v) is 4.58. The van der Waals surface area contributed by atoms with Gasteiger partial charge >= 0.3 is 0 Å². The topological polar surface area (TPSA) is 71.7 Å². The van der Waals surface area contributed by atoms with E-state index in [1.165, 1.54) is 0 Å². The highest BCUT2D eigenvalue weighted by molar-refractivity contribution is 5.89. The van der Waals surface area contributed by atoms with Gasteiger partial charge in [0.15, 0.2) is 0 Å². The van der Waals surface area contributed by atoms with Crippen molar-refractivity contribution in [2.45, 2.75) is 20.8 Å². The van der Waals surface area contributed by atoms with Gasteiger partial charge in [-0.05, 0) is 35.7 Å². The molecule has 0 aliphatic rings. The molecule has 0 amide bonds. The number of anilines is 1. The number of aromatic nitrogens is 3. The molecule has 3 heterocycles. The van der Waals surface area contributed by atoms with Gasteiger partial charge in [0.2, 0.25) is 5.88 Å². The van der Waals surface area contributed by atoms with E-state index in [0.29, 0.717) is 22.5 Å². The van der Waals surface area contributed by atoms with Crippen molar-refractivity contribution < 1.29 is 9.84 Å². The van der Waals surface area contributed by atoms with Gasteiger partial charge in [-0.25, -0.2) is 9.97 Å². The minimum Gasteiger partial charge on any atom is -0.497 e. The van der Waals surface area contributed by atoms with Crippen LogP contribution < -0.4 is 10.1 Å². The molecule has 6 heteroatoms. The SMILES string of the molecule is COc1ccc2cc(-c3nc4ccccn4c3NCC(C)(C)C)c(O)nc2c1. The Morgan fingerprint density at radius 2 is 1.93 bits per heavy atom. The van der Waals surface area contributed by atoms with Crippen LogP contribution in [-0.4, -0.2) is 33.1 Å². The summed E-state index contributed by atoms with van der Waals surface area (Å²) in [6, 6.07) is 13.4. The van der Waals surface area contributed by atoms with Gasteiger partial charge in [-0.3, -0.25) is 4.40 Å². The lowest BCUT2D eigenvalue weighted by Gasteiger charge is -2.20. The fourth-order valence-corrected chi connectivity index (χ4v) is 3.14. The third kappa shape index (κ3) is 3.33. The zero-order chi connectivity index (χ0) is 19.9. The lowest BCUT2D eigenvalue weighted by molar-refractivity contribution is 0.415. The lowest BCUT2D eigenvalue weighted by Crippen LogP contribution is -2.20. The summed E-state index contributed by atoms with van der Waals surface area (Å²) in [4.78, 5) is 9.14. The molecular formula is C22H24N4O2. The van der Waals surface area contributed by atoms with Crippen molar-refractivity contribution in [2.75, 3.05) is 19.0 Å². The monoisotopic (exact) mass is 376 g/mol. The first-order valence-electron chi connectivity index (χ1n) is 9.25. The van der Waals surface area contributed by atoms with E-state index in [4.69, 9.17) is 9.72 Å². The van der Waals surface area contributed by atoms with Crippen LogP contribution in [0.4, 0.5) is 5.82 Å². The van der Waals surface area contributed by atoms with Crippen molar-refractivity contribution in [3.8, 4) is 22.9 Å². The molecular weight excluding hydrogens is 352 g/mol. The maximum atomic E-state index is 10.7. The second-order valence-electron chi connectivity index (χ2n) is 8.07. The number of methoxy groups -OCH3 is 1. The molecule has 4 aromatic rings. The Bertz CT molecular complexity index is 1160. The molecule has 4 rings (SSSR count). The van der Waals surface area contributed by atoms with E-state index in [9.17, 15) is 5.11 Å². The molecule has 144 valence electrons. The highest BCUT2D eigenvalue weighted by atomic mass is 16.5. The van der Waals surface area contributed by atoms with Crippen LogP contribution in [0, 0.1) is 5.41 Å². The molecule has 0 atom stereocenters. The highest BCUT2D eigenvalue weighted by Crippen LogP contribution is 2.36. The minimum atomic E-state index is -0.0528. The maximum Gasteiger partial charge on any atom is 0.221 e. The average molecular weight is 376 g/mol. The molecule has 0 aliphatic carbocycles. The van der Waals surface area contributed by atoms with Crippen molar-refractivity contribution in [2.24, 2.45) is 5.41 Å². The Morgan fingerprint density at radius 1 is 1.11 bits per heavy atom. The number of rotatable bonds is 4. The highest BCUT2D eigenvalue weighted by Gasteiger charge is 2.20. The standard InChI is InChI=1S/C22H24N4O2/c1-22(2,3)13-23-20-19(25-18-7-5-6-10-26(18)20)16-11-14-8-9-15(28-4)12-17(14)24-21(16)27/h5-12,23H,13H2,1-4H3,(H,24,27). The van der Waals surface area contributed by atoms with Crippen molar-refractivity contribution in [1.29, 1.82) is 0 Å². The molecule has 0 fully saturated rings. The molecule has 3 aromatic heterocycles. The minimum absolute atomic E-state index is 0.0528. The Hall–Kier alpha value is -3.28. The van der Waals surface area contributed by atoms with Crippen LogP contribution in [0.15, 0.2) is 48.7 Å². The Kier molecular flexibility index (Phi) is 4.34. The summed E-state index contributed by atoms with van der Waals surface area (Å²) < 4.78 is 7.25. The van der Waals surface area contributed by atoms with E-state index in [1.54, 1.807) is 13.2 Å². The van der Waals surface area contributed by atoms with Crippen LogP contribution in [0.1, 0.15) is 20.8 Å². The predicted molar refractivity (Wildman–Crippen MR) is 112 cm³/mol. The summed E-state index contributed by atoms with van der Waals surface area (Å²) >= 11 is 0. The van der Waals surface area contributed by atoms with E-state index >= 15 is 0 Å². The number of benzene rings is 1. The van der Waals surface area contributed by atoms with Gasteiger partial charge in [0.25, 0.3) is 0 Å². The normalized spacial score (nSPS) is 11.9. The number of nitrogens with zero attached hydrogens (tertiary/aromatic N) is 3. The number of hydrogen-bond donors (Lipinski definition) is 2. The average Bonchev–Trinajstić information content (AvgIpc) is 3.03. The largest absolute Gasteiger partial charge is 0.497 e. The van der Waals surface area contributed by atoms with E-state index in [-0.39, 0.29) is 11.3 Å². The van der Waals surface area contributed by atoms with Gasteiger partial charge < -0.3 is 15.2 Å². The fourth-order valence-electron chi connectivity index (χ4n) is 3.14. The smallest absolute Gasteiger partial charge is 0.221 e. The van der Waals surface area contributed by atoms with Gasteiger partial charge in [-0.1, -0.05) is 26.8 Å². The molecule has 0 unspecified atom stereocenters. The van der Waals surface area contributed by atoms with E-state index in [0.717, 1.165) is 23.4 Å². The molecule has 0 spiro atoms. The van der Waals surface area contributed by atoms with Crippen LogP contribution in [0.25, 0.3) is 27.8 Å². The molecule has 6 nitrogen and oxygen atoms in total. The van der Waals surface area contributed by atoms with Gasteiger partial charge in [-0.15, -0.1) is 0 Å². The quantitative estimate of drug-likeness (QED) is 0.539. The molecule has 0 bridgehead atoms. The summed E-state index contributed by atoms with van der Waals surface area (Å²) in [6.45, 7) is 7.28. The predicted octanol–water partition coefficient (Wildman–Crippen LogP) is 4.72. The molecule has 0 saturated heterocycles. The first-order chi connectivity index (χ1) is 13.4. The molecule has 0 saturated carbocycles. The number of hydrogen-bond acceptors (Lipinski definition) is 5. The number of fused-ring (bicyclic) bond motifs is 2. The summed E-state index contributed by atoms with van der Waals surface area (Å²) in [6.07, 6.45) is 1.97. The number of imidazole rings is 1. The van der Waals surface area contributed by atoms with E-state index < -0.39 is 0 Å². The van der Waals surface area contributed by atoms with Crippen LogP contribution in [-0.2, 0) is 0 Å². The van der Waals surface area contributed by atoms with Crippen LogP contribution >= 0.6 is 0 Å². The van der Waals surface area contributed by atoms with Crippen molar-refractivity contribution in [1.82, 2.24) is 14.4 Å².